The first kappa shape index (κ1) is 16.5. The van der Waals surface area contributed by atoms with E-state index in [0.29, 0.717) is 0 Å². The highest BCUT2D eigenvalue weighted by molar-refractivity contribution is 7.89. The molecule has 1 aromatic heterocycles. The Morgan fingerprint density at radius 3 is 2.50 bits per heavy atom. The van der Waals surface area contributed by atoms with Crippen molar-refractivity contribution in [2.75, 3.05) is 19.3 Å². The molecule has 1 aromatic rings. The minimum Gasteiger partial charge on any atom is -0.244 e. The third-order valence-corrected chi connectivity index (χ3v) is 4.40. The summed E-state index contributed by atoms with van der Waals surface area (Å²) in [7, 11) is -7.11. The lowest BCUT2D eigenvalue weighted by atomic mass is 10.4. The lowest BCUT2D eigenvalue weighted by Crippen LogP contribution is -2.29. The normalized spacial score (nSPS) is 12.0. The average Bonchev–Trinajstić information content (AvgIpc) is 2.36. The molecule has 110 valence electrons. The summed E-state index contributed by atoms with van der Waals surface area (Å²) in [6.07, 6.45) is 2.63. The van der Waals surface area contributed by atoms with Gasteiger partial charge in [-0.3, -0.25) is 0 Å². The van der Waals surface area contributed by atoms with Crippen LogP contribution in [0.25, 0.3) is 0 Å². The van der Waals surface area contributed by atoms with Gasteiger partial charge in [-0.15, -0.1) is 0 Å². The van der Waals surface area contributed by atoms with Crippen molar-refractivity contribution in [1.82, 2.24) is 14.4 Å². The Balaban J connectivity index is 2.61. The fourth-order valence-electron chi connectivity index (χ4n) is 1.32. The zero-order chi connectivity index (χ0) is 15.2. The van der Waals surface area contributed by atoms with E-state index in [9.17, 15) is 16.8 Å². The summed E-state index contributed by atoms with van der Waals surface area (Å²) in [6, 6.07) is 4.40. The van der Waals surface area contributed by atoms with Gasteiger partial charge in [0.15, 0.2) is 5.69 Å². The van der Waals surface area contributed by atoms with Crippen molar-refractivity contribution in [3.63, 3.8) is 0 Å². The first-order chi connectivity index (χ1) is 9.26. The lowest BCUT2D eigenvalue weighted by Gasteiger charge is -2.07. The molecule has 0 saturated carbocycles. The number of nitriles is 1. The number of rotatable bonds is 7. The van der Waals surface area contributed by atoms with Crippen molar-refractivity contribution in [2.24, 2.45) is 0 Å². The van der Waals surface area contributed by atoms with Crippen molar-refractivity contribution >= 4 is 20.0 Å². The highest BCUT2D eigenvalue weighted by Gasteiger charge is 2.18. The van der Waals surface area contributed by atoms with Crippen molar-refractivity contribution in [1.29, 1.82) is 5.26 Å². The fourth-order valence-corrected chi connectivity index (χ4v) is 3.02. The maximum absolute atomic E-state index is 11.9. The van der Waals surface area contributed by atoms with Crippen LogP contribution in [0.2, 0.25) is 0 Å². The number of nitrogens with one attached hydrogen (secondary N) is 2. The fraction of sp³-hybridized carbons (Fsp3) is 0.400. The van der Waals surface area contributed by atoms with Gasteiger partial charge in [0, 0.05) is 19.3 Å². The minimum absolute atomic E-state index is 0.0462. The SMILES string of the molecule is CS(=O)(=O)NCCCNS(=O)(=O)c1cccnc1C#N. The average molecular weight is 318 g/mol. The molecule has 0 aromatic carbocycles. The summed E-state index contributed by atoms with van der Waals surface area (Å²) in [4.78, 5) is 3.47. The van der Waals surface area contributed by atoms with Crippen LogP contribution in [0.15, 0.2) is 23.2 Å². The number of pyridine rings is 1. The quantitative estimate of drug-likeness (QED) is 0.631. The monoisotopic (exact) mass is 318 g/mol. The molecule has 1 heterocycles. The molecule has 10 heteroatoms. The molecule has 0 spiro atoms. The molecule has 0 aliphatic carbocycles. The second-order valence-electron chi connectivity index (χ2n) is 3.88. The lowest BCUT2D eigenvalue weighted by molar-refractivity contribution is 0.574. The number of aromatic nitrogens is 1. The predicted octanol–water partition coefficient (Wildman–Crippen LogP) is -0.829. The highest BCUT2D eigenvalue weighted by atomic mass is 32.2. The van der Waals surface area contributed by atoms with Gasteiger partial charge in [0.05, 0.1) is 6.26 Å². The van der Waals surface area contributed by atoms with Gasteiger partial charge >= 0.3 is 0 Å². The minimum atomic E-state index is -3.83. The van der Waals surface area contributed by atoms with Crippen LogP contribution in [0.5, 0.6) is 0 Å². The van der Waals surface area contributed by atoms with Gasteiger partial charge in [-0.1, -0.05) is 0 Å². The van der Waals surface area contributed by atoms with E-state index in [1.54, 1.807) is 6.07 Å². The topological polar surface area (TPSA) is 129 Å². The Morgan fingerprint density at radius 2 is 1.90 bits per heavy atom. The van der Waals surface area contributed by atoms with Gasteiger partial charge in [0.25, 0.3) is 0 Å². The van der Waals surface area contributed by atoms with E-state index >= 15 is 0 Å². The van der Waals surface area contributed by atoms with E-state index in [4.69, 9.17) is 5.26 Å². The van der Waals surface area contributed by atoms with Crippen LogP contribution in [0, 0.1) is 11.3 Å². The van der Waals surface area contributed by atoms with Gasteiger partial charge in [-0.25, -0.2) is 31.3 Å². The van der Waals surface area contributed by atoms with E-state index in [-0.39, 0.29) is 30.1 Å². The molecule has 0 atom stereocenters. The third kappa shape index (κ3) is 5.22. The molecule has 0 amide bonds. The maximum Gasteiger partial charge on any atom is 0.243 e. The molecule has 0 aliphatic rings. The van der Waals surface area contributed by atoms with E-state index in [1.165, 1.54) is 18.3 Å². The Morgan fingerprint density at radius 1 is 1.25 bits per heavy atom. The van der Waals surface area contributed by atoms with Gasteiger partial charge in [-0.05, 0) is 18.6 Å². The maximum atomic E-state index is 11.9. The predicted molar refractivity (Wildman–Crippen MR) is 71.6 cm³/mol. The zero-order valence-electron chi connectivity index (χ0n) is 10.7. The summed E-state index contributed by atoms with van der Waals surface area (Å²) in [5.74, 6) is 0. The Bertz CT molecular complexity index is 707. The number of hydrogen-bond acceptors (Lipinski definition) is 6. The summed E-state index contributed by atoms with van der Waals surface area (Å²) in [6.45, 7) is 0.171. The molecule has 8 nitrogen and oxygen atoms in total. The summed E-state index contributed by atoms with van der Waals surface area (Å²) in [5.41, 5.74) is -0.186. The van der Waals surface area contributed by atoms with Crippen LogP contribution in [0.4, 0.5) is 0 Å². The molecule has 0 unspecified atom stereocenters. The van der Waals surface area contributed by atoms with Gasteiger partial charge in [0.1, 0.15) is 11.0 Å². The molecular weight excluding hydrogens is 304 g/mol. The second-order valence-corrected chi connectivity index (χ2v) is 7.45. The molecule has 0 fully saturated rings. The van der Waals surface area contributed by atoms with Gasteiger partial charge < -0.3 is 0 Å². The Kier molecular flexibility index (Phi) is 5.58. The smallest absolute Gasteiger partial charge is 0.243 e. The molecule has 0 bridgehead atoms. The molecular formula is C10H14N4O4S2. The van der Waals surface area contributed by atoms with Gasteiger partial charge in [0.2, 0.25) is 20.0 Å². The molecule has 20 heavy (non-hydrogen) atoms. The summed E-state index contributed by atoms with van der Waals surface area (Å²) >= 11 is 0. The standard InChI is InChI=1S/C10H14N4O4S2/c1-19(15,16)13-6-3-7-14-20(17,18)10-4-2-5-12-9(10)8-11/h2,4-5,13-14H,3,6-7H2,1H3. The van der Waals surface area contributed by atoms with E-state index in [2.05, 4.69) is 14.4 Å². The third-order valence-electron chi connectivity index (χ3n) is 2.18. The molecule has 0 aliphatic heterocycles. The zero-order valence-corrected chi connectivity index (χ0v) is 12.3. The number of nitrogens with zero attached hydrogens (tertiary/aromatic N) is 2. The van der Waals surface area contributed by atoms with Gasteiger partial charge in [-0.2, -0.15) is 5.26 Å². The van der Waals surface area contributed by atoms with Crippen molar-refractivity contribution in [3.8, 4) is 6.07 Å². The second kappa shape index (κ2) is 6.76. The van der Waals surface area contributed by atoms with E-state index in [1.807, 2.05) is 0 Å². The summed E-state index contributed by atoms with van der Waals surface area (Å²) < 4.78 is 50.0. The number of sulfonamides is 2. The summed E-state index contributed by atoms with van der Waals surface area (Å²) in [5, 5.41) is 8.80. The van der Waals surface area contributed by atoms with Crippen LogP contribution in [-0.2, 0) is 20.0 Å². The van der Waals surface area contributed by atoms with Crippen molar-refractivity contribution < 1.29 is 16.8 Å². The number of hydrogen-bond donors (Lipinski definition) is 2. The Labute approximate surface area is 117 Å². The van der Waals surface area contributed by atoms with E-state index in [0.717, 1.165) is 6.26 Å². The highest BCUT2D eigenvalue weighted by Crippen LogP contribution is 2.11. The van der Waals surface area contributed by atoms with E-state index < -0.39 is 20.0 Å². The van der Waals surface area contributed by atoms with Crippen LogP contribution in [0.3, 0.4) is 0 Å². The molecule has 0 saturated heterocycles. The van der Waals surface area contributed by atoms with Crippen molar-refractivity contribution in [3.05, 3.63) is 24.0 Å². The molecule has 2 N–H and O–H groups in total. The first-order valence-corrected chi connectivity index (χ1v) is 8.93. The van der Waals surface area contributed by atoms with Crippen LogP contribution in [0.1, 0.15) is 12.1 Å². The largest absolute Gasteiger partial charge is 0.244 e. The van der Waals surface area contributed by atoms with Crippen LogP contribution < -0.4 is 9.44 Å². The van der Waals surface area contributed by atoms with Crippen LogP contribution >= 0.6 is 0 Å². The first-order valence-electron chi connectivity index (χ1n) is 5.56. The molecule has 0 radical (unpaired) electrons. The Hall–Kier alpha value is -1.54. The van der Waals surface area contributed by atoms with Crippen molar-refractivity contribution in [2.45, 2.75) is 11.3 Å². The molecule has 1 rings (SSSR count). The van der Waals surface area contributed by atoms with Crippen LogP contribution in [-0.4, -0.2) is 41.2 Å².